The van der Waals surface area contributed by atoms with Crippen LogP contribution in [-0.4, -0.2) is 34.5 Å². The molecule has 0 aromatic heterocycles. The molecule has 6 heteroatoms. The molecule has 114 valence electrons. The van der Waals surface area contributed by atoms with Gasteiger partial charge in [0.05, 0.1) is 22.9 Å². The van der Waals surface area contributed by atoms with E-state index in [1.54, 1.807) is 23.1 Å². The first-order chi connectivity index (χ1) is 9.97. The predicted octanol–water partition coefficient (Wildman–Crippen LogP) is 3.39. The number of nitrogens with zero attached hydrogens (tertiary/aromatic N) is 1. The van der Waals surface area contributed by atoms with Crippen LogP contribution >= 0.6 is 23.2 Å². The first-order valence-corrected chi connectivity index (χ1v) is 7.68. The highest BCUT2D eigenvalue weighted by atomic mass is 35.5. The standard InChI is InChI=1S/C15H17Cl2NO3/c16-12-5-4-10(7-13(12)17)8-14(19)18-6-2-1-3-11(18)9-15(20)21/h4-5,7,11H,1-3,6,8-9H2,(H,20,21)/t11-/m1/s1. The van der Waals surface area contributed by atoms with E-state index in [2.05, 4.69) is 0 Å². The number of benzene rings is 1. The van der Waals surface area contributed by atoms with E-state index in [0.717, 1.165) is 24.8 Å². The van der Waals surface area contributed by atoms with Crippen LogP contribution in [0.1, 0.15) is 31.2 Å². The first-order valence-electron chi connectivity index (χ1n) is 6.92. The van der Waals surface area contributed by atoms with Crippen LogP contribution < -0.4 is 0 Å². The van der Waals surface area contributed by atoms with Crippen molar-refractivity contribution in [2.75, 3.05) is 6.54 Å². The molecule has 1 saturated heterocycles. The smallest absolute Gasteiger partial charge is 0.305 e. The summed E-state index contributed by atoms with van der Waals surface area (Å²) in [4.78, 5) is 25.0. The SMILES string of the molecule is O=C(O)C[C@H]1CCCCN1C(=O)Cc1ccc(Cl)c(Cl)c1. The van der Waals surface area contributed by atoms with Crippen LogP contribution in [0.15, 0.2) is 18.2 Å². The molecule has 21 heavy (non-hydrogen) atoms. The number of aliphatic carboxylic acids is 1. The van der Waals surface area contributed by atoms with E-state index in [1.165, 1.54) is 0 Å². The number of rotatable bonds is 4. The zero-order chi connectivity index (χ0) is 15.4. The van der Waals surface area contributed by atoms with Crippen molar-refractivity contribution in [3.63, 3.8) is 0 Å². The molecule has 1 aromatic carbocycles. The second-order valence-corrected chi connectivity index (χ2v) is 6.07. The molecule has 1 aliphatic heterocycles. The third-order valence-corrected chi connectivity index (χ3v) is 4.44. The summed E-state index contributed by atoms with van der Waals surface area (Å²) in [5.74, 6) is -0.923. The molecule has 1 atom stereocenters. The molecule has 1 N–H and O–H groups in total. The van der Waals surface area contributed by atoms with Crippen LogP contribution in [0.25, 0.3) is 0 Å². The summed E-state index contributed by atoms with van der Waals surface area (Å²) in [5.41, 5.74) is 0.786. The molecular formula is C15H17Cl2NO3. The van der Waals surface area contributed by atoms with Crippen molar-refractivity contribution in [3.8, 4) is 0 Å². The number of carboxylic acids is 1. The fourth-order valence-corrected chi connectivity index (χ4v) is 2.99. The van der Waals surface area contributed by atoms with Gasteiger partial charge in [0.25, 0.3) is 0 Å². The third-order valence-electron chi connectivity index (χ3n) is 3.70. The average molecular weight is 330 g/mol. The molecule has 0 unspecified atom stereocenters. The minimum absolute atomic E-state index is 0.00706. The second kappa shape index (κ2) is 7.14. The zero-order valence-electron chi connectivity index (χ0n) is 11.5. The van der Waals surface area contributed by atoms with Gasteiger partial charge in [0, 0.05) is 12.6 Å². The van der Waals surface area contributed by atoms with Crippen molar-refractivity contribution in [3.05, 3.63) is 33.8 Å². The van der Waals surface area contributed by atoms with Gasteiger partial charge in [0.1, 0.15) is 0 Å². The average Bonchev–Trinajstić information content (AvgIpc) is 2.43. The van der Waals surface area contributed by atoms with E-state index in [1.807, 2.05) is 0 Å². The monoisotopic (exact) mass is 329 g/mol. The summed E-state index contributed by atoms with van der Waals surface area (Å²) in [5, 5.41) is 9.82. The molecule has 0 spiro atoms. The predicted molar refractivity (Wildman–Crippen MR) is 81.8 cm³/mol. The fourth-order valence-electron chi connectivity index (χ4n) is 2.67. The fraction of sp³-hybridized carbons (Fsp3) is 0.467. The molecule has 4 nitrogen and oxygen atoms in total. The second-order valence-electron chi connectivity index (χ2n) is 5.26. The van der Waals surface area contributed by atoms with Crippen LogP contribution in [0, 0.1) is 0 Å². The van der Waals surface area contributed by atoms with Gasteiger partial charge in [-0.2, -0.15) is 0 Å². The topological polar surface area (TPSA) is 57.6 Å². The Kier molecular flexibility index (Phi) is 5.48. The molecule has 1 fully saturated rings. The molecule has 0 saturated carbocycles. The molecular weight excluding hydrogens is 313 g/mol. The Hall–Kier alpha value is -1.26. The Labute approximate surface area is 133 Å². The lowest BCUT2D eigenvalue weighted by molar-refractivity contribution is -0.141. The number of hydrogen-bond donors (Lipinski definition) is 1. The molecule has 1 amide bonds. The van der Waals surface area contributed by atoms with Gasteiger partial charge < -0.3 is 10.0 Å². The molecule has 1 aromatic rings. The number of piperidine rings is 1. The maximum absolute atomic E-state index is 12.4. The summed E-state index contributed by atoms with van der Waals surface area (Å²) in [6.07, 6.45) is 2.86. The van der Waals surface area contributed by atoms with Crippen LogP contribution in [-0.2, 0) is 16.0 Å². The normalized spacial score (nSPS) is 18.6. The highest BCUT2D eigenvalue weighted by molar-refractivity contribution is 6.42. The van der Waals surface area contributed by atoms with Gasteiger partial charge in [-0.25, -0.2) is 0 Å². The Bertz CT molecular complexity index is 548. The van der Waals surface area contributed by atoms with E-state index in [9.17, 15) is 9.59 Å². The highest BCUT2D eigenvalue weighted by Gasteiger charge is 2.28. The van der Waals surface area contributed by atoms with Crippen LogP contribution in [0.4, 0.5) is 0 Å². The van der Waals surface area contributed by atoms with Gasteiger partial charge in [-0.15, -0.1) is 0 Å². The summed E-state index contributed by atoms with van der Waals surface area (Å²) in [6, 6.07) is 4.91. The molecule has 1 heterocycles. The molecule has 0 radical (unpaired) electrons. The van der Waals surface area contributed by atoms with Gasteiger partial charge in [-0.05, 0) is 37.0 Å². The van der Waals surface area contributed by atoms with Crippen molar-refractivity contribution in [1.29, 1.82) is 0 Å². The highest BCUT2D eigenvalue weighted by Crippen LogP contribution is 2.24. The van der Waals surface area contributed by atoms with Crippen molar-refractivity contribution in [2.45, 2.75) is 38.1 Å². The molecule has 1 aliphatic rings. The summed E-state index contributed by atoms with van der Waals surface area (Å²) in [7, 11) is 0. The van der Waals surface area contributed by atoms with E-state index >= 15 is 0 Å². The number of amides is 1. The Morgan fingerprint density at radius 2 is 2.00 bits per heavy atom. The van der Waals surface area contributed by atoms with E-state index < -0.39 is 5.97 Å². The van der Waals surface area contributed by atoms with Crippen molar-refractivity contribution >= 4 is 35.1 Å². The van der Waals surface area contributed by atoms with Crippen molar-refractivity contribution in [1.82, 2.24) is 4.90 Å². The Balaban J connectivity index is 2.06. The lowest BCUT2D eigenvalue weighted by Crippen LogP contribution is -2.45. The number of carbonyl (C=O) groups is 2. The number of halogens is 2. The summed E-state index contributed by atoms with van der Waals surface area (Å²) >= 11 is 11.8. The largest absolute Gasteiger partial charge is 0.481 e. The van der Waals surface area contributed by atoms with E-state index in [4.69, 9.17) is 28.3 Å². The number of carboxylic acid groups (broad SMARTS) is 1. The Morgan fingerprint density at radius 3 is 2.67 bits per heavy atom. The maximum Gasteiger partial charge on any atom is 0.305 e. The molecule has 0 aliphatic carbocycles. The van der Waals surface area contributed by atoms with Crippen LogP contribution in [0.5, 0.6) is 0 Å². The summed E-state index contributed by atoms with van der Waals surface area (Å²) in [6.45, 7) is 0.623. The van der Waals surface area contributed by atoms with Gasteiger partial charge in [-0.1, -0.05) is 29.3 Å². The van der Waals surface area contributed by atoms with Crippen molar-refractivity contribution < 1.29 is 14.7 Å². The number of carbonyl (C=O) groups excluding carboxylic acids is 1. The van der Waals surface area contributed by atoms with Gasteiger partial charge >= 0.3 is 5.97 Å². The van der Waals surface area contributed by atoms with Crippen LogP contribution in [0.3, 0.4) is 0 Å². The van der Waals surface area contributed by atoms with Crippen molar-refractivity contribution in [2.24, 2.45) is 0 Å². The molecule has 2 rings (SSSR count). The van der Waals surface area contributed by atoms with Crippen LogP contribution in [0.2, 0.25) is 10.0 Å². The molecule has 0 bridgehead atoms. The number of hydrogen-bond acceptors (Lipinski definition) is 2. The lowest BCUT2D eigenvalue weighted by Gasteiger charge is -2.35. The quantitative estimate of drug-likeness (QED) is 0.921. The first kappa shape index (κ1) is 16.1. The zero-order valence-corrected chi connectivity index (χ0v) is 13.0. The third kappa shape index (κ3) is 4.35. The minimum Gasteiger partial charge on any atom is -0.481 e. The summed E-state index contributed by atoms with van der Waals surface area (Å²) < 4.78 is 0. The van der Waals surface area contributed by atoms with Gasteiger partial charge in [-0.3, -0.25) is 9.59 Å². The van der Waals surface area contributed by atoms with E-state index in [-0.39, 0.29) is 24.8 Å². The minimum atomic E-state index is -0.866. The van der Waals surface area contributed by atoms with Gasteiger partial charge in [0.15, 0.2) is 0 Å². The van der Waals surface area contributed by atoms with E-state index in [0.29, 0.717) is 16.6 Å². The lowest BCUT2D eigenvalue weighted by atomic mass is 9.98. The maximum atomic E-state index is 12.4. The number of likely N-dealkylation sites (tertiary alicyclic amines) is 1. The van der Waals surface area contributed by atoms with Gasteiger partial charge in [0.2, 0.25) is 5.91 Å². The Morgan fingerprint density at radius 1 is 1.24 bits per heavy atom.